The van der Waals surface area contributed by atoms with E-state index in [2.05, 4.69) is 53.7 Å². The Labute approximate surface area is 166 Å². The predicted molar refractivity (Wildman–Crippen MR) is 114 cm³/mol. The largest absolute Gasteiger partial charge is 0.383 e. The molecule has 0 aliphatic carbocycles. The van der Waals surface area contributed by atoms with Gasteiger partial charge in [-0.1, -0.05) is 43.7 Å². The van der Waals surface area contributed by atoms with Crippen LogP contribution in [0.2, 0.25) is 0 Å². The lowest BCUT2D eigenvalue weighted by Crippen LogP contribution is -2.24. The van der Waals surface area contributed by atoms with E-state index in [1.54, 1.807) is 0 Å². The third-order valence-electron chi connectivity index (χ3n) is 3.81. The summed E-state index contributed by atoms with van der Waals surface area (Å²) in [5.74, 6) is 0. The van der Waals surface area contributed by atoms with Crippen molar-refractivity contribution in [2.75, 3.05) is 31.2 Å². The lowest BCUT2D eigenvalue weighted by molar-refractivity contribution is 0.490. The first kappa shape index (κ1) is 23.8. The van der Waals surface area contributed by atoms with E-state index in [4.69, 9.17) is 4.55 Å². The number of hydrogen-bond acceptors (Lipinski definition) is 6. The number of nitrogens with zero attached hydrogens (tertiary/aromatic N) is 1. The van der Waals surface area contributed by atoms with Gasteiger partial charge in [-0.3, -0.25) is 9.35 Å². The molecular formula is C19H30N4O4S. The second-order valence-corrected chi connectivity index (χ2v) is 7.81. The molecule has 1 aromatic carbocycles. The zero-order chi connectivity index (χ0) is 21.2. The summed E-state index contributed by atoms with van der Waals surface area (Å²) in [4.78, 5) is 11.7. The molecule has 4 N–H and O–H groups in total. The highest BCUT2D eigenvalue weighted by atomic mass is 32.2. The van der Waals surface area contributed by atoms with Gasteiger partial charge in [0.05, 0.1) is 11.9 Å². The number of aryl methyl sites for hydroxylation is 1. The number of aromatic amines is 1. The Bertz CT molecular complexity index is 883. The van der Waals surface area contributed by atoms with E-state index >= 15 is 0 Å². The summed E-state index contributed by atoms with van der Waals surface area (Å²) in [7, 11) is -3.67. The number of benzene rings is 1. The molecule has 0 saturated carbocycles. The molecule has 0 bridgehead atoms. The first-order valence-electron chi connectivity index (χ1n) is 9.23. The Morgan fingerprint density at radius 1 is 1.18 bits per heavy atom. The van der Waals surface area contributed by atoms with Gasteiger partial charge in [-0.05, 0) is 32.9 Å². The fourth-order valence-electron chi connectivity index (χ4n) is 2.56. The third-order valence-corrected chi connectivity index (χ3v) is 3.81. The molecule has 3 rings (SSSR count). The van der Waals surface area contributed by atoms with Gasteiger partial charge < -0.3 is 10.6 Å². The number of aromatic nitrogens is 2. The lowest BCUT2D eigenvalue weighted by Gasteiger charge is -2.19. The van der Waals surface area contributed by atoms with Crippen LogP contribution in [0, 0.1) is 6.92 Å². The van der Waals surface area contributed by atoms with Crippen LogP contribution in [0.1, 0.15) is 31.4 Å². The maximum absolute atomic E-state index is 11.7. The van der Waals surface area contributed by atoms with Crippen LogP contribution in [0.5, 0.6) is 0 Å². The van der Waals surface area contributed by atoms with E-state index in [1.165, 1.54) is 5.56 Å². The first-order chi connectivity index (χ1) is 13.2. The van der Waals surface area contributed by atoms with Crippen molar-refractivity contribution < 1.29 is 13.0 Å². The first-order valence-corrected chi connectivity index (χ1v) is 11.1. The van der Waals surface area contributed by atoms with Crippen LogP contribution in [-0.4, -0.2) is 49.1 Å². The molecule has 0 radical (unpaired) electrons. The molecule has 8 nitrogen and oxygen atoms in total. The van der Waals surface area contributed by atoms with Crippen LogP contribution in [0.3, 0.4) is 0 Å². The second kappa shape index (κ2) is 11.6. The summed E-state index contributed by atoms with van der Waals surface area (Å²) in [6.07, 6.45) is 2.53. The minimum atomic E-state index is -3.67. The molecule has 1 aliphatic heterocycles. The number of anilines is 1. The molecule has 0 spiro atoms. The molecule has 0 amide bonds. The van der Waals surface area contributed by atoms with E-state index in [1.807, 2.05) is 12.1 Å². The molecule has 28 heavy (non-hydrogen) atoms. The smallest absolute Gasteiger partial charge is 0.269 e. The van der Waals surface area contributed by atoms with Gasteiger partial charge in [-0.2, -0.15) is 13.5 Å². The maximum atomic E-state index is 11.7. The second-order valence-electron chi connectivity index (χ2n) is 6.34. The van der Waals surface area contributed by atoms with Crippen LogP contribution >= 0.6 is 0 Å². The van der Waals surface area contributed by atoms with Gasteiger partial charge in [0.15, 0.2) is 0 Å². The van der Waals surface area contributed by atoms with Crippen LogP contribution in [0.4, 0.5) is 5.69 Å². The summed E-state index contributed by atoms with van der Waals surface area (Å²) >= 11 is 0. The quantitative estimate of drug-likeness (QED) is 0.572. The number of rotatable bonds is 3. The molecule has 2 aromatic rings. The summed E-state index contributed by atoms with van der Waals surface area (Å²) < 4.78 is 25.9. The number of fused-ring (bicyclic) bond motifs is 1. The number of H-pyrrole nitrogens is 1. The Morgan fingerprint density at radius 2 is 1.75 bits per heavy atom. The van der Waals surface area contributed by atoms with Crippen molar-refractivity contribution in [2.24, 2.45) is 0 Å². The monoisotopic (exact) mass is 410 g/mol. The van der Waals surface area contributed by atoms with Gasteiger partial charge in [0.2, 0.25) is 0 Å². The van der Waals surface area contributed by atoms with Crippen molar-refractivity contribution in [2.45, 2.75) is 33.6 Å². The molecule has 1 aromatic heterocycles. The average Bonchev–Trinajstić information content (AvgIpc) is 2.63. The molecule has 1 aliphatic rings. The van der Waals surface area contributed by atoms with Crippen LogP contribution in [0.25, 0.3) is 11.3 Å². The van der Waals surface area contributed by atoms with Crippen molar-refractivity contribution in [1.82, 2.24) is 15.5 Å². The Hall–Kier alpha value is -2.23. The van der Waals surface area contributed by atoms with E-state index in [0.717, 1.165) is 55.0 Å². The fourth-order valence-corrected chi connectivity index (χ4v) is 2.56. The molecule has 0 saturated heterocycles. The minimum Gasteiger partial charge on any atom is -0.383 e. The van der Waals surface area contributed by atoms with Gasteiger partial charge in [0, 0.05) is 17.7 Å². The van der Waals surface area contributed by atoms with Gasteiger partial charge in [0.25, 0.3) is 15.7 Å². The van der Waals surface area contributed by atoms with E-state index < -0.39 is 10.1 Å². The maximum Gasteiger partial charge on any atom is 0.269 e. The molecular weight excluding hydrogens is 380 g/mol. The van der Waals surface area contributed by atoms with E-state index in [-0.39, 0.29) is 5.56 Å². The highest BCUT2D eigenvalue weighted by Gasteiger charge is 2.18. The topological polar surface area (TPSA) is 124 Å². The van der Waals surface area contributed by atoms with Crippen LogP contribution in [0.15, 0.2) is 29.1 Å². The number of hydrogen-bond donors (Lipinski definition) is 4. The molecule has 9 heteroatoms. The van der Waals surface area contributed by atoms with E-state index in [0.29, 0.717) is 6.26 Å². The number of nitrogens with one attached hydrogen (secondary N) is 3. The van der Waals surface area contributed by atoms with Gasteiger partial charge in [-0.25, -0.2) is 5.10 Å². The fraction of sp³-hybridized carbons (Fsp3) is 0.474. The van der Waals surface area contributed by atoms with E-state index in [9.17, 15) is 13.2 Å². The lowest BCUT2D eigenvalue weighted by atomic mass is 10.0. The highest BCUT2D eigenvalue weighted by Crippen LogP contribution is 2.29. The third kappa shape index (κ3) is 8.64. The Balaban J connectivity index is 0.000000329. The summed E-state index contributed by atoms with van der Waals surface area (Å²) in [6.45, 7) is 9.34. The molecule has 156 valence electrons. The van der Waals surface area contributed by atoms with Crippen molar-refractivity contribution in [1.29, 1.82) is 0 Å². The van der Waals surface area contributed by atoms with Crippen LogP contribution in [-0.2, 0) is 16.5 Å². The standard InChI is InChI=1S/C14H15N3O.C4H11N.CH4O3S/c1-9-4-6-10(7-5-9)12-13-11(3-2-8-15-13)14(18)17-16-12;1-3-5-4-2;1-5(2,3)4/h4-7,15H,2-3,8H2,1H3,(H,17,18);5H,3-4H2,1-2H3;1H3,(H,2,3,4). The van der Waals surface area contributed by atoms with Crippen molar-refractivity contribution in [3.8, 4) is 11.3 Å². The predicted octanol–water partition coefficient (Wildman–Crippen LogP) is 2.22. The normalized spacial score (nSPS) is 12.5. The van der Waals surface area contributed by atoms with Crippen molar-refractivity contribution >= 4 is 15.8 Å². The summed E-state index contributed by atoms with van der Waals surface area (Å²) in [6, 6.07) is 8.17. The Morgan fingerprint density at radius 3 is 2.25 bits per heavy atom. The van der Waals surface area contributed by atoms with Crippen molar-refractivity contribution in [3.05, 3.63) is 45.7 Å². The van der Waals surface area contributed by atoms with Gasteiger partial charge >= 0.3 is 0 Å². The van der Waals surface area contributed by atoms with Gasteiger partial charge in [-0.15, -0.1) is 0 Å². The molecule has 2 heterocycles. The Kier molecular flexibility index (Phi) is 9.84. The summed E-state index contributed by atoms with van der Waals surface area (Å²) in [5.41, 5.74) is 4.73. The zero-order valence-corrected chi connectivity index (χ0v) is 17.7. The SMILES string of the molecule is CCNCC.CS(=O)(=O)O.Cc1ccc(-c2n[nH]c(=O)c3c2NCCC3)cc1. The summed E-state index contributed by atoms with van der Waals surface area (Å²) in [5, 5.41) is 13.2. The average molecular weight is 411 g/mol. The molecule has 0 fully saturated rings. The van der Waals surface area contributed by atoms with Crippen LogP contribution < -0.4 is 16.2 Å². The zero-order valence-electron chi connectivity index (χ0n) is 16.9. The molecule has 0 unspecified atom stereocenters. The molecule has 0 atom stereocenters. The van der Waals surface area contributed by atoms with Gasteiger partial charge in [0.1, 0.15) is 5.69 Å². The van der Waals surface area contributed by atoms with Crippen molar-refractivity contribution in [3.63, 3.8) is 0 Å². The highest BCUT2D eigenvalue weighted by molar-refractivity contribution is 7.85. The minimum absolute atomic E-state index is 0.0759.